The van der Waals surface area contributed by atoms with Gasteiger partial charge in [0.2, 0.25) is 5.88 Å². The summed E-state index contributed by atoms with van der Waals surface area (Å²) in [5, 5.41) is 9.85. The fraction of sp³-hybridized carbons (Fsp3) is 0.613. The van der Waals surface area contributed by atoms with Crippen LogP contribution < -0.4 is 4.74 Å². The lowest BCUT2D eigenvalue weighted by atomic mass is 9.72. The first-order chi connectivity index (χ1) is 19.2. The zero-order valence-corrected chi connectivity index (χ0v) is 23.0. The third kappa shape index (κ3) is 6.79. The van der Waals surface area contributed by atoms with E-state index in [0.717, 1.165) is 43.2 Å². The smallest absolute Gasteiger partial charge is 0.395 e. The van der Waals surface area contributed by atoms with Gasteiger partial charge in [-0.15, -0.1) is 0 Å². The molecule has 1 aromatic heterocycles. The van der Waals surface area contributed by atoms with Gasteiger partial charge in [0, 0.05) is 43.0 Å². The average molecular weight is 560 g/mol. The Kier molecular flexibility index (Phi) is 9.00. The molecule has 0 spiro atoms. The van der Waals surface area contributed by atoms with Gasteiger partial charge in [-0.25, -0.2) is 4.98 Å². The summed E-state index contributed by atoms with van der Waals surface area (Å²) in [6.07, 6.45) is 3.13. The fourth-order valence-corrected chi connectivity index (χ4v) is 6.47. The highest BCUT2D eigenvalue weighted by molar-refractivity contribution is 5.94. The topological polar surface area (TPSA) is 65.9 Å². The Balaban J connectivity index is 1.08. The van der Waals surface area contributed by atoms with Gasteiger partial charge in [-0.1, -0.05) is 31.4 Å². The summed E-state index contributed by atoms with van der Waals surface area (Å²) in [6, 6.07) is 11.2. The van der Waals surface area contributed by atoms with Gasteiger partial charge in [-0.3, -0.25) is 4.79 Å². The molecule has 1 aliphatic carbocycles. The van der Waals surface area contributed by atoms with Crippen LogP contribution in [-0.2, 0) is 0 Å². The summed E-state index contributed by atoms with van der Waals surface area (Å²) in [7, 11) is 0. The van der Waals surface area contributed by atoms with E-state index in [-0.39, 0.29) is 25.3 Å². The van der Waals surface area contributed by atoms with Crippen molar-refractivity contribution in [2.45, 2.75) is 70.1 Å². The SMILES string of the molecule is O=C(c1ccc(-c2ccc(OCC3CCN(CC4(C(F)(F)F)CCCCC4)CC3)nc2)cc1)N1CCCC(O)C1. The van der Waals surface area contributed by atoms with Crippen molar-refractivity contribution >= 4 is 5.91 Å². The Morgan fingerprint density at radius 2 is 1.65 bits per heavy atom. The maximum Gasteiger partial charge on any atom is 0.395 e. The molecule has 5 rings (SSSR count). The van der Waals surface area contributed by atoms with Gasteiger partial charge in [-0.05, 0) is 81.3 Å². The van der Waals surface area contributed by atoms with Crippen molar-refractivity contribution in [2.24, 2.45) is 11.3 Å². The number of amides is 1. The average Bonchev–Trinajstić information content (AvgIpc) is 2.97. The van der Waals surface area contributed by atoms with Crippen LogP contribution >= 0.6 is 0 Å². The van der Waals surface area contributed by atoms with Crippen LogP contribution in [0.2, 0.25) is 0 Å². The number of likely N-dealkylation sites (tertiary alicyclic amines) is 2. The van der Waals surface area contributed by atoms with Crippen molar-refractivity contribution < 1.29 is 27.8 Å². The van der Waals surface area contributed by atoms with E-state index in [1.165, 1.54) is 0 Å². The number of β-amino-alcohol motifs (C(OH)–C–C–N with tert-alkyl or cyclic N) is 1. The molecular weight excluding hydrogens is 519 g/mol. The van der Waals surface area contributed by atoms with Crippen LogP contribution in [0.25, 0.3) is 11.1 Å². The molecule has 1 N–H and O–H groups in total. The number of aliphatic hydroxyl groups excluding tert-OH is 1. The summed E-state index contributed by atoms with van der Waals surface area (Å²) >= 11 is 0. The van der Waals surface area contributed by atoms with Gasteiger partial charge in [0.25, 0.3) is 5.91 Å². The van der Waals surface area contributed by atoms with Crippen LogP contribution in [0, 0.1) is 11.3 Å². The number of ether oxygens (including phenoxy) is 1. The molecule has 218 valence electrons. The first-order valence-electron chi connectivity index (χ1n) is 14.7. The molecule has 9 heteroatoms. The number of piperidine rings is 2. The molecule has 1 unspecified atom stereocenters. The zero-order valence-electron chi connectivity index (χ0n) is 23.0. The molecule has 0 bridgehead atoms. The number of aromatic nitrogens is 1. The molecule has 3 heterocycles. The predicted molar refractivity (Wildman–Crippen MR) is 147 cm³/mol. The molecule has 40 heavy (non-hydrogen) atoms. The van der Waals surface area contributed by atoms with Gasteiger partial charge in [0.1, 0.15) is 0 Å². The van der Waals surface area contributed by atoms with Gasteiger partial charge in [-0.2, -0.15) is 13.2 Å². The molecule has 1 atom stereocenters. The lowest BCUT2D eigenvalue weighted by Crippen LogP contribution is -2.50. The van der Waals surface area contributed by atoms with Crippen molar-refractivity contribution in [1.82, 2.24) is 14.8 Å². The zero-order chi connectivity index (χ0) is 28.2. The number of halogens is 3. The minimum Gasteiger partial charge on any atom is -0.477 e. The monoisotopic (exact) mass is 559 g/mol. The number of alkyl halides is 3. The third-order valence-corrected chi connectivity index (χ3v) is 9.00. The van der Waals surface area contributed by atoms with Crippen LogP contribution in [0.4, 0.5) is 13.2 Å². The van der Waals surface area contributed by atoms with Gasteiger partial charge >= 0.3 is 6.18 Å². The van der Waals surface area contributed by atoms with E-state index >= 15 is 0 Å². The quantitative estimate of drug-likeness (QED) is 0.454. The van der Waals surface area contributed by atoms with Gasteiger partial charge in [0.05, 0.1) is 18.1 Å². The van der Waals surface area contributed by atoms with E-state index in [0.29, 0.717) is 63.0 Å². The lowest BCUT2D eigenvalue weighted by molar-refractivity contribution is -0.240. The second kappa shape index (κ2) is 12.5. The van der Waals surface area contributed by atoms with E-state index < -0.39 is 17.7 Å². The number of hydrogen-bond donors (Lipinski definition) is 1. The van der Waals surface area contributed by atoms with E-state index in [1.807, 2.05) is 29.2 Å². The maximum absolute atomic E-state index is 13.9. The van der Waals surface area contributed by atoms with E-state index in [2.05, 4.69) is 4.98 Å². The third-order valence-electron chi connectivity index (χ3n) is 9.00. The molecule has 2 aliphatic heterocycles. The second-order valence-electron chi connectivity index (χ2n) is 11.9. The van der Waals surface area contributed by atoms with Crippen LogP contribution in [-0.4, -0.2) is 77.4 Å². The standard InChI is InChI=1S/C31H40F3N3O3/c32-31(33,34)30(14-2-1-3-15-30)22-36-17-12-23(13-18-36)21-40-28-11-10-26(19-35-28)24-6-8-25(9-7-24)29(39)37-16-4-5-27(38)20-37/h6-11,19,23,27,38H,1-5,12-18,20-22H2. The number of aliphatic hydroxyl groups is 1. The number of carbonyl (C=O) groups excluding carboxylic acids is 1. The molecule has 1 amide bonds. The number of nitrogens with zero attached hydrogens (tertiary/aromatic N) is 3. The summed E-state index contributed by atoms with van der Waals surface area (Å²) in [4.78, 5) is 20.9. The van der Waals surface area contributed by atoms with Crippen LogP contribution in [0.1, 0.15) is 68.1 Å². The summed E-state index contributed by atoms with van der Waals surface area (Å²) in [5.74, 6) is 0.767. The normalized spacial score (nSPS) is 22.7. The molecule has 2 saturated heterocycles. The Bertz CT molecular complexity index is 1110. The van der Waals surface area contributed by atoms with Crippen molar-refractivity contribution in [3.8, 4) is 17.0 Å². The first-order valence-corrected chi connectivity index (χ1v) is 14.7. The molecule has 2 aromatic rings. The minimum atomic E-state index is -4.14. The van der Waals surface area contributed by atoms with Crippen LogP contribution in [0.3, 0.4) is 0 Å². The Hall–Kier alpha value is -2.65. The van der Waals surface area contributed by atoms with E-state index in [4.69, 9.17) is 4.74 Å². The molecule has 3 aliphatic rings. The maximum atomic E-state index is 13.9. The lowest BCUT2D eigenvalue weighted by Gasteiger charge is -2.44. The largest absolute Gasteiger partial charge is 0.477 e. The molecule has 1 aromatic carbocycles. The summed E-state index contributed by atoms with van der Waals surface area (Å²) in [5.41, 5.74) is 0.919. The van der Waals surface area contributed by atoms with E-state index in [1.54, 1.807) is 23.2 Å². The molecule has 3 fully saturated rings. The highest BCUT2D eigenvalue weighted by Gasteiger charge is 2.55. The number of carbonyl (C=O) groups is 1. The highest BCUT2D eigenvalue weighted by atomic mass is 19.4. The van der Waals surface area contributed by atoms with Crippen LogP contribution in [0.5, 0.6) is 5.88 Å². The number of benzene rings is 1. The van der Waals surface area contributed by atoms with Crippen molar-refractivity contribution in [3.63, 3.8) is 0 Å². The summed E-state index contributed by atoms with van der Waals surface area (Å²) < 4.78 is 47.7. The predicted octanol–water partition coefficient (Wildman–Crippen LogP) is 5.95. The van der Waals surface area contributed by atoms with Crippen molar-refractivity contribution in [1.29, 1.82) is 0 Å². The number of pyridine rings is 1. The second-order valence-corrected chi connectivity index (χ2v) is 11.9. The molecular formula is C31H40F3N3O3. The highest BCUT2D eigenvalue weighted by Crippen LogP contribution is 2.49. The Morgan fingerprint density at radius 3 is 2.27 bits per heavy atom. The van der Waals surface area contributed by atoms with E-state index in [9.17, 15) is 23.1 Å². The van der Waals surface area contributed by atoms with Crippen LogP contribution in [0.15, 0.2) is 42.6 Å². The van der Waals surface area contributed by atoms with Gasteiger partial charge < -0.3 is 19.6 Å². The summed E-state index contributed by atoms with van der Waals surface area (Å²) in [6.45, 7) is 3.03. The first kappa shape index (κ1) is 28.9. The van der Waals surface area contributed by atoms with Gasteiger partial charge in [0.15, 0.2) is 0 Å². The molecule has 1 saturated carbocycles. The Labute approximate surface area is 234 Å². The number of hydrogen-bond acceptors (Lipinski definition) is 5. The molecule has 0 radical (unpaired) electrons. The van der Waals surface area contributed by atoms with Crippen molar-refractivity contribution in [2.75, 3.05) is 39.3 Å². The van der Waals surface area contributed by atoms with Crippen molar-refractivity contribution in [3.05, 3.63) is 48.2 Å². The Morgan fingerprint density at radius 1 is 0.950 bits per heavy atom. The number of rotatable bonds is 7. The molecule has 6 nitrogen and oxygen atoms in total. The minimum absolute atomic E-state index is 0.0631. The fourth-order valence-electron chi connectivity index (χ4n) is 6.47.